The first-order valence-corrected chi connectivity index (χ1v) is 9.31. The number of aromatic nitrogens is 6. The molecule has 0 aliphatic carbocycles. The van der Waals surface area contributed by atoms with Crippen LogP contribution in [0.5, 0.6) is 0 Å². The average Bonchev–Trinajstić information content (AvgIpc) is 3.14. The molecular weight excluding hydrogens is 423 g/mol. The number of benzene rings is 1. The fourth-order valence-electron chi connectivity index (χ4n) is 3.14. The topological polar surface area (TPSA) is 98.0 Å². The lowest BCUT2D eigenvalue weighted by Crippen LogP contribution is -2.11. The van der Waals surface area contributed by atoms with Crippen LogP contribution in [-0.4, -0.2) is 29.5 Å². The monoisotopic (exact) mass is 435 g/mol. The Bertz CT molecular complexity index is 1530. The molecule has 0 saturated carbocycles. The maximum Gasteiger partial charge on any atom is 0.417 e. The molecule has 4 heterocycles. The van der Waals surface area contributed by atoms with Crippen molar-refractivity contribution in [2.24, 2.45) is 0 Å². The zero-order valence-corrected chi connectivity index (χ0v) is 16.1. The van der Waals surface area contributed by atoms with Gasteiger partial charge in [0.2, 0.25) is 5.95 Å². The first kappa shape index (κ1) is 19.5. The van der Waals surface area contributed by atoms with Gasteiger partial charge in [0.1, 0.15) is 5.69 Å². The third kappa shape index (κ3) is 3.49. The van der Waals surface area contributed by atoms with Gasteiger partial charge in [-0.3, -0.25) is 9.78 Å². The smallest absolute Gasteiger partial charge is 0.319 e. The van der Waals surface area contributed by atoms with Gasteiger partial charge in [0, 0.05) is 29.5 Å². The highest BCUT2D eigenvalue weighted by molar-refractivity contribution is 5.93. The zero-order valence-electron chi connectivity index (χ0n) is 16.1. The molecule has 0 aliphatic heterocycles. The molecule has 0 atom stereocenters. The van der Waals surface area contributed by atoms with Crippen LogP contribution in [0, 0.1) is 0 Å². The van der Waals surface area contributed by atoms with Gasteiger partial charge in [-0.15, -0.1) is 5.10 Å². The zero-order chi connectivity index (χ0) is 22.3. The Hall–Kier alpha value is -4.41. The van der Waals surface area contributed by atoms with Gasteiger partial charge in [-0.25, -0.2) is 15.0 Å². The van der Waals surface area contributed by atoms with E-state index in [1.807, 2.05) is 0 Å². The van der Waals surface area contributed by atoms with E-state index in [-0.39, 0.29) is 23.0 Å². The number of anilines is 2. The Morgan fingerprint density at radius 3 is 2.62 bits per heavy atom. The lowest BCUT2D eigenvalue weighted by atomic mass is 10.2. The van der Waals surface area contributed by atoms with Crippen LogP contribution in [0.25, 0.3) is 27.9 Å². The summed E-state index contributed by atoms with van der Waals surface area (Å²) in [7, 11) is 0. The number of rotatable bonds is 3. The van der Waals surface area contributed by atoms with Crippen molar-refractivity contribution in [1.82, 2.24) is 29.5 Å². The van der Waals surface area contributed by atoms with Crippen LogP contribution < -0.4 is 10.9 Å². The third-order valence-electron chi connectivity index (χ3n) is 4.63. The fourth-order valence-corrected chi connectivity index (χ4v) is 3.14. The molecule has 158 valence electrons. The number of hydrogen-bond acceptors (Lipinski definition) is 7. The van der Waals surface area contributed by atoms with Crippen LogP contribution in [0.2, 0.25) is 0 Å². The molecule has 0 spiro atoms. The van der Waals surface area contributed by atoms with Gasteiger partial charge < -0.3 is 5.32 Å². The van der Waals surface area contributed by atoms with Gasteiger partial charge in [-0.1, -0.05) is 18.2 Å². The summed E-state index contributed by atoms with van der Waals surface area (Å²) in [6.07, 6.45) is -1.19. The quantitative estimate of drug-likeness (QED) is 0.460. The summed E-state index contributed by atoms with van der Waals surface area (Å²) in [6, 6.07) is 12.8. The summed E-state index contributed by atoms with van der Waals surface area (Å²) in [6.45, 7) is 0. The second kappa shape index (κ2) is 7.38. The second-order valence-electron chi connectivity index (χ2n) is 6.76. The number of pyridine rings is 1. The molecule has 1 aromatic carbocycles. The van der Waals surface area contributed by atoms with Crippen molar-refractivity contribution in [3.8, 4) is 11.4 Å². The van der Waals surface area contributed by atoms with Gasteiger partial charge in [0.25, 0.3) is 5.56 Å². The highest BCUT2D eigenvalue weighted by atomic mass is 19.4. The van der Waals surface area contributed by atoms with Crippen LogP contribution in [0.15, 0.2) is 71.9 Å². The highest BCUT2D eigenvalue weighted by Crippen LogP contribution is 2.31. The van der Waals surface area contributed by atoms with Crippen LogP contribution >= 0.6 is 0 Å². The summed E-state index contributed by atoms with van der Waals surface area (Å²) in [5.41, 5.74) is -0.266. The Balaban J connectivity index is 1.73. The lowest BCUT2D eigenvalue weighted by Gasteiger charge is -2.07. The molecule has 0 amide bonds. The standard InChI is InChI=1S/C21H12F3N7O/c22-21(23,24)13-9-12(10-25-11-13)17-29-18-14-5-1-2-6-15(14)27-20(31(18)30-17)28-16-7-3-4-8-26-19(16)32/h1-11H,(H,26,27,28,32). The molecule has 5 aromatic rings. The molecular formula is C21H12F3N7O. The SMILES string of the molecule is O=c1nccccc1Nc1nc2ccccc2c2nc(-c3cncc(C(F)(F)F)c3)nn12. The highest BCUT2D eigenvalue weighted by Gasteiger charge is 2.31. The molecule has 0 bridgehead atoms. The van der Waals surface area contributed by atoms with Crippen LogP contribution in [-0.2, 0) is 6.18 Å². The van der Waals surface area contributed by atoms with E-state index in [0.717, 1.165) is 12.3 Å². The minimum atomic E-state index is -4.55. The van der Waals surface area contributed by atoms with Crippen molar-refractivity contribution in [3.63, 3.8) is 0 Å². The average molecular weight is 435 g/mol. The van der Waals surface area contributed by atoms with E-state index in [4.69, 9.17) is 0 Å². The number of alkyl halides is 3. The van der Waals surface area contributed by atoms with Crippen LogP contribution in [0.4, 0.5) is 24.8 Å². The minimum absolute atomic E-state index is 0.0314. The first-order chi connectivity index (χ1) is 15.4. The van der Waals surface area contributed by atoms with Crippen LogP contribution in [0.1, 0.15) is 5.56 Å². The number of para-hydroxylation sites is 1. The van der Waals surface area contributed by atoms with E-state index in [0.29, 0.717) is 16.6 Å². The normalized spacial score (nSPS) is 11.7. The van der Waals surface area contributed by atoms with Crippen LogP contribution in [0.3, 0.4) is 0 Å². The minimum Gasteiger partial charge on any atom is -0.319 e. The summed E-state index contributed by atoms with van der Waals surface area (Å²) >= 11 is 0. The van der Waals surface area contributed by atoms with Gasteiger partial charge in [0.15, 0.2) is 11.5 Å². The number of nitrogens with zero attached hydrogens (tertiary/aromatic N) is 6. The molecule has 8 nitrogen and oxygen atoms in total. The molecule has 0 unspecified atom stereocenters. The number of hydrogen-bond donors (Lipinski definition) is 1. The van der Waals surface area contributed by atoms with Crippen molar-refractivity contribution >= 4 is 28.2 Å². The maximum absolute atomic E-state index is 13.1. The summed E-state index contributed by atoms with van der Waals surface area (Å²) in [5.74, 6) is 0.186. The molecule has 4 aromatic heterocycles. The van der Waals surface area contributed by atoms with Crippen molar-refractivity contribution < 1.29 is 13.2 Å². The van der Waals surface area contributed by atoms with E-state index in [1.54, 1.807) is 36.4 Å². The number of fused-ring (bicyclic) bond motifs is 3. The van der Waals surface area contributed by atoms with E-state index < -0.39 is 17.3 Å². The number of halogens is 3. The lowest BCUT2D eigenvalue weighted by molar-refractivity contribution is -0.137. The largest absolute Gasteiger partial charge is 0.417 e. The predicted molar refractivity (Wildman–Crippen MR) is 110 cm³/mol. The van der Waals surface area contributed by atoms with Gasteiger partial charge in [-0.2, -0.15) is 17.7 Å². The maximum atomic E-state index is 13.1. The summed E-state index contributed by atoms with van der Waals surface area (Å²) in [5, 5.41) is 7.89. The second-order valence-corrected chi connectivity index (χ2v) is 6.76. The van der Waals surface area contributed by atoms with Crippen molar-refractivity contribution in [2.45, 2.75) is 6.18 Å². The van der Waals surface area contributed by atoms with Crippen molar-refractivity contribution in [3.05, 3.63) is 83.0 Å². The van der Waals surface area contributed by atoms with E-state index in [9.17, 15) is 18.0 Å². The Morgan fingerprint density at radius 1 is 0.969 bits per heavy atom. The first-order valence-electron chi connectivity index (χ1n) is 9.31. The van der Waals surface area contributed by atoms with Crippen molar-refractivity contribution in [1.29, 1.82) is 0 Å². The molecule has 0 aliphatic rings. The van der Waals surface area contributed by atoms with Crippen molar-refractivity contribution in [2.75, 3.05) is 5.32 Å². The Labute approximate surface area is 177 Å². The Kier molecular flexibility index (Phi) is 4.51. The summed E-state index contributed by atoms with van der Waals surface area (Å²) < 4.78 is 40.7. The molecule has 0 fully saturated rings. The molecule has 0 radical (unpaired) electrons. The molecule has 5 rings (SSSR count). The molecule has 11 heteroatoms. The van der Waals surface area contributed by atoms with Gasteiger partial charge in [-0.05, 0) is 30.3 Å². The molecule has 1 N–H and O–H groups in total. The molecule has 32 heavy (non-hydrogen) atoms. The number of nitrogens with one attached hydrogen (secondary N) is 1. The molecule has 0 saturated heterocycles. The fraction of sp³-hybridized carbons (Fsp3) is 0.0476. The van der Waals surface area contributed by atoms with Gasteiger partial charge >= 0.3 is 6.18 Å². The van der Waals surface area contributed by atoms with E-state index in [1.165, 1.54) is 23.0 Å². The summed E-state index contributed by atoms with van der Waals surface area (Å²) in [4.78, 5) is 28.6. The predicted octanol–water partition coefficient (Wildman–Crippen LogP) is 3.86. The van der Waals surface area contributed by atoms with Gasteiger partial charge in [0.05, 0.1) is 11.1 Å². The van der Waals surface area contributed by atoms with E-state index >= 15 is 0 Å². The van der Waals surface area contributed by atoms with E-state index in [2.05, 4.69) is 30.4 Å². The third-order valence-corrected chi connectivity index (χ3v) is 4.63. The Morgan fingerprint density at radius 2 is 1.78 bits per heavy atom.